The number of benzene rings is 2. The van der Waals surface area contributed by atoms with Crippen LogP contribution in [0.4, 0.5) is 13.2 Å². The molecule has 0 unspecified atom stereocenters. The molecule has 2 aromatic carbocycles. The molecular formula is C23H19F3N2O5S2. The third-order valence-corrected chi connectivity index (χ3v) is 6.30. The van der Waals surface area contributed by atoms with E-state index in [4.69, 9.17) is 22.1 Å². The number of nitrogens with zero attached hydrogens (tertiary/aromatic N) is 1. The Hall–Kier alpha value is -3.38. The molecule has 0 bridgehead atoms. The first-order valence-corrected chi connectivity index (χ1v) is 11.3. The fourth-order valence-electron chi connectivity index (χ4n) is 3.13. The van der Waals surface area contributed by atoms with Crippen LogP contribution in [0.5, 0.6) is 5.75 Å². The van der Waals surface area contributed by atoms with E-state index < -0.39 is 29.5 Å². The number of amides is 2. The number of hydrogen-bond acceptors (Lipinski definition) is 6. The maximum absolute atomic E-state index is 12.8. The summed E-state index contributed by atoms with van der Waals surface area (Å²) in [5.41, 5.74) is 0.362. The summed E-state index contributed by atoms with van der Waals surface area (Å²) < 4.78 is 43.6. The van der Waals surface area contributed by atoms with Crippen molar-refractivity contribution < 1.29 is 37.4 Å². The monoisotopic (exact) mass is 524 g/mol. The van der Waals surface area contributed by atoms with E-state index in [1.807, 2.05) is 0 Å². The number of thioether (sulfide) groups is 1. The van der Waals surface area contributed by atoms with Crippen LogP contribution in [0.2, 0.25) is 0 Å². The van der Waals surface area contributed by atoms with Gasteiger partial charge >= 0.3 is 12.1 Å². The minimum atomic E-state index is -4.44. The van der Waals surface area contributed by atoms with Gasteiger partial charge in [-0.2, -0.15) is 13.2 Å². The zero-order valence-electron chi connectivity index (χ0n) is 18.2. The first-order chi connectivity index (χ1) is 16.5. The van der Waals surface area contributed by atoms with E-state index in [1.165, 1.54) is 36.3 Å². The molecule has 0 aromatic heterocycles. The number of carbonyl (C=O) groups is 3. The Labute approximate surface area is 207 Å². The maximum Gasteiger partial charge on any atom is 0.416 e. The number of hydrogen-bond donors (Lipinski definition) is 2. The molecule has 35 heavy (non-hydrogen) atoms. The molecule has 1 saturated heterocycles. The molecule has 0 spiro atoms. The highest BCUT2D eigenvalue weighted by molar-refractivity contribution is 8.26. The number of methoxy groups -OCH3 is 1. The van der Waals surface area contributed by atoms with Crippen LogP contribution in [-0.4, -0.2) is 45.8 Å². The van der Waals surface area contributed by atoms with Gasteiger partial charge in [0, 0.05) is 13.1 Å². The highest BCUT2D eigenvalue weighted by Gasteiger charge is 2.32. The summed E-state index contributed by atoms with van der Waals surface area (Å²) in [5.74, 6) is -1.73. The second-order valence-electron chi connectivity index (χ2n) is 7.31. The summed E-state index contributed by atoms with van der Waals surface area (Å²) in [6.45, 7) is -0.0514. The summed E-state index contributed by atoms with van der Waals surface area (Å²) in [6.07, 6.45) is -3.15. The molecule has 1 aliphatic heterocycles. The fraction of sp³-hybridized carbons (Fsp3) is 0.217. The number of nitrogens with one attached hydrogen (secondary N) is 1. The van der Waals surface area contributed by atoms with Gasteiger partial charge in [-0.3, -0.25) is 19.3 Å². The van der Waals surface area contributed by atoms with Crippen molar-refractivity contribution in [2.75, 3.05) is 13.7 Å². The topological polar surface area (TPSA) is 95.9 Å². The number of carboxylic acid groups (broad SMARTS) is 1. The van der Waals surface area contributed by atoms with Crippen LogP contribution in [0.1, 0.15) is 33.5 Å². The number of carboxylic acids is 1. The highest BCUT2D eigenvalue weighted by atomic mass is 32.2. The van der Waals surface area contributed by atoms with E-state index in [0.717, 1.165) is 23.9 Å². The Morgan fingerprint density at radius 1 is 1.20 bits per heavy atom. The summed E-state index contributed by atoms with van der Waals surface area (Å²) >= 11 is 6.19. The van der Waals surface area contributed by atoms with Crippen LogP contribution in [0.25, 0.3) is 6.08 Å². The van der Waals surface area contributed by atoms with E-state index in [-0.39, 0.29) is 40.0 Å². The number of ether oxygens (including phenoxy) is 1. The zero-order valence-corrected chi connectivity index (χ0v) is 19.9. The van der Waals surface area contributed by atoms with Crippen molar-refractivity contribution in [3.05, 3.63) is 69.6 Å². The van der Waals surface area contributed by atoms with E-state index in [2.05, 4.69) is 5.32 Å². The normalized spacial score (nSPS) is 15.0. The molecule has 2 aromatic rings. The smallest absolute Gasteiger partial charge is 0.416 e. The fourth-order valence-corrected chi connectivity index (χ4v) is 4.44. The molecule has 1 aliphatic rings. The lowest BCUT2D eigenvalue weighted by molar-refractivity contribution is -0.138. The van der Waals surface area contributed by atoms with Gasteiger partial charge in [-0.25, -0.2) is 0 Å². The van der Waals surface area contributed by atoms with Crippen LogP contribution in [-0.2, 0) is 22.3 Å². The molecule has 1 fully saturated rings. The van der Waals surface area contributed by atoms with Gasteiger partial charge in [0.15, 0.2) is 0 Å². The van der Waals surface area contributed by atoms with Gasteiger partial charge in [-0.05, 0) is 41.5 Å². The van der Waals surface area contributed by atoms with Crippen molar-refractivity contribution in [2.24, 2.45) is 0 Å². The summed E-state index contributed by atoms with van der Waals surface area (Å²) in [4.78, 5) is 37.7. The van der Waals surface area contributed by atoms with Gasteiger partial charge in [-0.1, -0.05) is 42.2 Å². The Balaban J connectivity index is 1.75. The summed E-state index contributed by atoms with van der Waals surface area (Å²) in [5, 5.41) is 11.5. The lowest BCUT2D eigenvalue weighted by Gasteiger charge is -2.12. The Kier molecular flexibility index (Phi) is 8.18. The lowest BCUT2D eigenvalue weighted by Crippen LogP contribution is -2.30. The van der Waals surface area contributed by atoms with E-state index >= 15 is 0 Å². The van der Waals surface area contributed by atoms with Gasteiger partial charge in [0.2, 0.25) is 0 Å². The van der Waals surface area contributed by atoms with Crippen LogP contribution >= 0.6 is 24.0 Å². The van der Waals surface area contributed by atoms with Crippen molar-refractivity contribution >= 4 is 52.2 Å². The molecular weight excluding hydrogens is 505 g/mol. The van der Waals surface area contributed by atoms with Crippen molar-refractivity contribution in [3.63, 3.8) is 0 Å². The van der Waals surface area contributed by atoms with Gasteiger partial charge in [0.05, 0.1) is 29.6 Å². The lowest BCUT2D eigenvalue weighted by atomic mass is 10.1. The van der Waals surface area contributed by atoms with Crippen molar-refractivity contribution in [2.45, 2.75) is 19.1 Å². The number of thiocarbonyl (C=S) groups is 1. The number of carbonyl (C=O) groups excluding carboxylic acids is 2. The molecule has 0 saturated carbocycles. The number of aliphatic carboxylic acids is 1. The average molecular weight is 525 g/mol. The summed E-state index contributed by atoms with van der Waals surface area (Å²) in [6, 6.07) is 9.13. The average Bonchev–Trinajstić information content (AvgIpc) is 3.07. The van der Waals surface area contributed by atoms with E-state index in [9.17, 15) is 27.6 Å². The molecule has 2 amide bonds. The first-order valence-electron chi connectivity index (χ1n) is 10.1. The number of halogens is 3. The SMILES string of the molecule is COc1ccc(/C=C2\SC(=S)N(CCC(=O)O)C2=O)cc1C(=O)NCc1ccc(C(F)(F)F)cc1. The van der Waals surface area contributed by atoms with Crippen molar-refractivity contribution in [1.29, 1.82) is 0 Å². The number of alkyl halides is 3. The van der Waals surface area contributed by atoms with Gasteiger partial charge < -0.3 is 15.2 Å². The van der Waals surface area contributed by atoms with Crippen LogP contribution < -0.4 is 10.1 Å². The Morgan fingerprint density at radius 2 is 1.89 bits per heavy atom. The van der Waals surface area contributed by atoms with E-state index in [0.29, 0.717) is 11.1 Å². The largest absolute Gasteiger partial charge is 0.496 e. The van der Waals surface area contributed by atoms with Gasteiger partial charge in [0.1, 0.15) is 10.1 Å². The molecule has 0 radical (unpaired) electrons. The highest BCUT2D eigenvalue weighted by Crippen LogP contribution is 2.33. The molecule has 0 atom stereocenters. The van der Waals surface area contributed by atoms with Gasteiger partial charge in [0.25, 0.3) is 11.8 Å². The molecule has 3 rings (SSSR count). The Bertz CT molecular complexity index is 1200. The van der Waals surface area contributed by atoms with Crippen molar-refractivity contribution in [3.8, 4) is 5.75 Å². The van der Waals surface area contributed by atoms with Crippen LogP contribution in [0.3, 0.4) is 0 Å². The second-order valence-corrected chi connectivity index (χ2v) is 8.99. The molecule has 2 N–H and O–H groups in total. The van der Waals surface area contributed by atoms with Crippen LogP contribution in [0.15, 0.2) is 47.4 Å². The third kappa shape index (κ3) is 6.61. The van der Waals surface area contributed by atoms with Gasteiger partial charge in [-0.15, -0.1) is 0 Å². The van der Waals surface area contributed by atoms with E-state index in [1.54, 1.807) is 12.1 Å². The maximum atomic E-state index is 12.8. The first kappa shape index (κ1) is 26.2. The second kappa shape index (κ2) is 10.9. The molecule has 7 nitrogen and oxygen atoms in total. The molecule has 0 aliphatic carbocycles. The number of rotatable bonds is 8. The molecule has 12 heteroatoms. The predicted molar refractivity (Wildman–Crippen MR) is 128 cm³/mol. The molecule has 1 heterocycles. The third-order valence-electron chi connectivity index (χ3n) is 4.92. The Morgan fingerprint density at radius 3 is 2.49 bits per heavy atom. The minimum absolute atomic E-state index is 0.00735. The predicted octanol–water partition coefficient (Wildman–Crippen LogP) is 4.32. The molecule has 184 valence electrons. The quantitative estimate of drug-likeness (QED) is 0.392. The zero-order chi connectivity index (χ0) is 25.8. The van der Waals surface area contributed by atoms with Crippen molar-refractivity contribution in [1.82, 2.24) is 10.2 Å². The summed E-state index contributed by atoms with van der Waals surface area (Å²) in [7, 11) is 1.38. The minimum Gasteiger partial charge on any atom is -0.496 e. The van der Waals surface area contributed by atoms with Crippen LogP contribution in [0, 0.1) is 0 Å². The standard InChI is InChI=1S/C23H19F3N2O5S2/c1-33-17-7-4-14(11-18-21(32)28(22(34)35-18)9-8-19(29)30)10-16(17)20(31)27-12-13-2-5-15(6-3-13)23(24,25)26/h2-7,10-11H,8-9,12H2,1H3,(H,27,31)(H,29,30)/b18-11-.